The second-order valence-electron chi connectivity index (χ2n) is 12.9. The highest BCUT2D eigenvalue weighted by Crippen LogP contribution is 2.49. The van der Waals surface area contributed by atoms with E-state index in [0.29, 0.717) is 25.9 Å². The molecular formula is C35H45N2O8S2-. The number of benzene rings is 2. The van der Waals surface area contributed by atoms with Crippen LogP contribution in [0.2, 0.25) is 0 Å². The molecule has 2 aliphatic rings. The third-order valence-corrected chi connectivity index (χ3v) is 10.6. The zero-order valence-electron chi connectivity index (χ0n) is 28.0. The number of nitrogens with zero attached hydrogens (tertiary/aromatic N) is 2. The fraction of sp³-hybridized carbons (Fsp3) is 0.457. The first kappa shape index (κ1) is 36.4. The Hall–Kier alpha value is -3.45. The Bertz CT molecular complexity index is 1820. The third kappa shape index (κ3) is 8.53. The molecule has 0 saturated carbocycles. The zero-order valence-corrected chi connectivity index (χ0v) is 29.6. The Balaban J connectivity index is 1.62. The van der Waals surface area contributed by atoms with E-state index in [1.165, 1.54) is 0 Å². The largest absolute Gasteiger partial charge is 0.748 e. The van der Waals surface area contributed by atoms with Crippen molar-refractivity contribution in [3.63, 3.8) is 0 Å². The topological polar surface area (TPSA) is 139 Å². The number of rotatable bonds is 15. The van der Waals surface area contributed by atoms with Gasteiger partial charge in [-0.05, 0) is 75.1 Å². The number of hydrogen-bond acceptors (Lipinski definition) is 9. The van der Waals surface area contributed by atoms with Crippen molar-refractivity contribution in [2.45, 2.75) is 64.2 Å². The molecule has 10 nitrogen and oxygen atoms in total. The minimum Gasteiger partial charge on any atom is -0.748 e. The molecule has 0 aromatic heterocycles. The molecule has 0 bridgehead atoms. The van der Waals surface area contributed by atoms with Gasteiger partial charge in [0.1, 0.15) is 18.0 Å². The van der Waals surface area contributed by atoms with Crippen LogP contribution in [0.25, 0.3) is 0 Å². The second kappa shape index (κ2) is 14.3. The lowest BCUT2D eigenvalue weighted by molar-refractivity contribution is -0.438. The number of methoxy groups -OCH3 is 2. The molecule has 0 N–H and O–H groups in total. The average Bonchev–Trinajstić information content (AvgIpc) is 3.33. The van der Waals surface area contributed by atoms with Gasteiger partial charge >= 0.3 is 0 Å². The summed E-state index contributed by atoms with van der Waals surface area (Å²) >= 11 is 0. The number of hydrogen-bond donors (Lipinski definition) is 0. The van der Waals surface area contributed by atoms with Gasteiger partial charge in [0.05, 0.1) is 39.9 Å². The third-order valence-electron chi connectivity index (χ3n) is 8.98. The van der Waals surface area contributed by atoms with Gasteiger partial charge in [0.15, 0.2) is 5.71 Å². The standard InChI is InChI=1S/C35H46N2O8S2/c1-34(2)28-24-26(44-5)16-18-30(28)36(20-10-12-22-46(38,39)40)32(34)14-8-7-9-15-33-35(3,4)29-25-27(45-6)17-19-31(29)37(33)21-11-13-23-47(41,42)43/h7-9,14-19,24-25H,10-13,20-23H2,1-6H3,(H-,38,39,40,41,42,43)/p-1. The highest BCUT2D eigenvalue weighted by molar-refractivity contribution is 7.85. The van der Waals surface area contributed by atoms with Crippen molar-refractivity contribution >= 4 is 37.3 Å². The van der Waals surface area contributed by atoms with Crippen LogP contribution in [0.15, 0.2) is 72.5 Å². The Labute approximate surface area is 279 Å². The van der Waals surface area contributed by atoms with Crippen molar-refractivity contribution < 1.29 is 40.0 Å². The smallest absolute Gasteiger partial charge is 0.210 e. The van der Waals surface area contributed by atoms with Crippen molar-refractivity contribution in [3.05, 3.63) is 83.6 Å². The van der Waals surface area contributed by atoms with E-state index >= 15 is 0 Å². The highest BCUT2D eigenvalue weighted by atomic mass is 32.2. The van der Waals surface area contributed by atoms with Crippen LogP contribution in [0.3, 0.4) is 0 Å². The first-order chi connectivity index (χ1) is 22.0. The normalized spacial score (nSPS) is 18.0. The molecule has 0 spiro atoms. The average molecular weight is 686 g/mol. The first-order valence-corrected chi connectivity index (χ1v) is 18.9. The maximum atomic E-state index is 11.2. The van der Waals surface area contributed by atoms with E-state index in [9.17, 15) is 25.9 Å². The molecule has 47 heavy (non-hydrogen) atoms. The quantitative estimate of drug-likeness (QED) is 0.103. The minimum atomic E-state index is -4.27. The van der Waals surface area contributed by atoms with Gasteiger partial charge in [-0.3, -0.25) is 0 Å². The van der Waals surface area contributed by atoms with Crippen LogP contribution in [-0.4, -0.2) is 75.0 Å². The van der Waals surface area contributed by atoms with Gasteiger partial charge in [-0.2, -0.15) is 4.58 Å². The Morgan fingerprint density at radius 1 is 0.766 bits per heavy atom. The van der Waals surface area contributed by atoms with Crippen LogP contribution < -0.4 is 14.4 Å². The van der Waals surface area contributed by atoms with E-state index in [1.54, 1.807) is 14.2 Å². The molecule has 0 amide bonds. The lowest BCUT2D eigenvalue weighted by Gasteiger charge is -2.27. The predicted octanol–water partition coefficient (Wildman–Crippen LogP) is 5.52. The summed E-state index contributed by atoms with van der Waals surface area (Å²) in [5.41, 5.74) is 5.60. The Morgan fingerprint density at radius 3 is 1.98 bits per heavy atom. The second-order valence-corrected chi connectivity index (χ2v) is 16.0. The molecule has 0 fully saturated rings. The Morgan fingerprint density at radius 2 is 1.36 bits per heavy atom. The van der Waals surface area contributed by atoms with Crippen molar-refractivity contribution in [2.75, 3.05) is 43.7 Å². The van der Waals surface area contributed by atoms with Gasteiger partial charge < -0.3 is 23.5 Å². The van der Waals surface area contributed by atoms with Gasteiger partial charge in [-0.15, -0.1) is 0 Å². The van der Waals surface area contributed by atoms with E-state index in [0.717, 1.165) is 45.4 Å². The SMILES string of the molecule is COc1ccc2c(c1)C(C)(C)C(=CC=CC=CC1=[N+](CCCCS(=O)(=O)[O-])c3ccc(OC)cc3C1(C)C)N2CCCCS(=O)(=O)[O-]. The molecule has 2 aliphatic heterocycles. The lowest BCUT2D eigenvalue weighted by Crippen LogP contribution is -2.28. The van der Waals surface area contributed by atoms with Crippen LogP contribution in [0.5, 0.6) is 11.5 Å². The van der Waals surface area contributed by atoms with Gasteiger partial charge in [-0.25, -0.2) is 16.8 Å². The molecular weight excluding hydrogens is 641 g/mol. The van der Waals surface area contributed by atoms with E-state index < -0.39 is 20.2 Å². The molecule has 0 radical (unpaired) electrons. The predicted molar refractivity (Wildman–Crippen MR) is 183 cm³/mol. The summed E-state index contributed by atoms with van der Waals surface area (Å²) in [5, 5.41) is 0. The maximum absolute atomic E-state index is 11.2. The van der Waals surface area contributed by atoms with Crippen molar-refractivity contribution in [3.8, 4) is 11.5 Å². The molecule has 2 aromatic carbocycles. The maximum Gasteiger partial charge on any atom is 0.210 e. The van der Waals surface area contributed by atoms with E-state index in [1.807, 2.05) is 54.6 Å². The zero-order chi connectivity index (χ0) is 34.6. The number of fused-ring (bicyclic) bond motifs is 2. The fourth-order valence-electron chi connectivity index (χ4n) is 6.50. The summed E-state index contributed by atoms with van der Waals surface area (Å²) in [4.78, 5) is 2.18. The Kier molecular flexibility index (Phi) is 11.1. The van der Waals surface area contributed by atoms with Crippen LogP contribution in [0.4, 0.5) is 11.4 Å². The van der Waals surface area contributed by atoms with Gasteiger partial charge in [0, 0.05) is 59.0 Å². The molecule has 12 heteroatoms. The summed E-state index contributed by atoms with van der Waals surface area (Å²) in [6.07, 6.45) is 11.7. The molecule has 0 unspecified atom stereocenters. The van der Waals surface area contributed by atoms with Crippen molar-refractivity contribution in [2.24, 2.45) is 0 Å². The fourth-order valence-corrected chi connectivity index (χ4v) is 7.62. The van der Waals surface area contributed by atoms with Crippen LogP contribution in [0, 0.1) is 0 Å². The minimum absolute atomic E-state index is 0.284. The van der Waals surface area contributed by atoms with E-state index in [-0.39, 0.29) is 35.2 Å². The van der Waals surface area contributed by atoms with Gasteiger partial charge in [0.2, 0.25) is 5.69 Å². The molecule has 0 aliphatic carbocycles. The van der Waals surface area contributed by atoms with Crippen molar-refractivity contribution in [1.29, 1.82) is 0 Å². The molecule has 2 aromatic rings. The monoisotopic (exact) mass is 685 g/mol. The summed E-state index contributed by atoms with van der Waals surface area (Å²) < 4.78 is 80.1. The number of unbranched alkanes of at least 4 members (excludes halogenated alkanes) is 2. The van der Waals surface area contributed by atoms with Crippen LogP contribution >= 0.6 is 0 Å². The lowest BCUT2D eigenvalue weighted by atomic mass is 9.81. The molecule has 0 atom stereocenters. The number of allylic oxidation sites excluding steroid dienone is 6. The summed E-state index contributed by atoms with van der Waals surface area (Å²) in [7, 11) is -5.27. The van der Waals surface area contributed by atoms with Crippen LogP contribution in [-0.2, 0) is 31.1 Å². The summed E-state index contributed by atoms with van der Waals surface area (Å²) in [5.74, 6) is 0.736. The van der Waals surface area contributed by atoms with E-state index in [4.69, 9.17) is 9.47 Å². The molecule has 4 rings (SSSR count). The van der Waals surface area contributed by atoms with Gasteiger partial charge in [0.25, 0.3) is 0 Å². The summed E-state index contributed by atoms with van der Waals surface area (Å²) in [6, 6.07) is 11.9. The summed E-state index contributed by atoms with van der Waals surface area (Å²) in [6.45, 7) is 9.68. The van der Waals surface area contributed by atoms with Crippen LogP contribution in [0.1, 0.15) is 64.5 Å². The highest BCUT2D eigenvalue weighted by Gasteiger charge is 2.44. The van der Waals surface area contributed by atoms with Gasteiger partial charge in [-0.1, -0.05) is 32.1 Å². The number of anilines is 1. The van der Waals surface area contributed by atoms with E-state index in [2.05, 4.69) is 49.3 Å². The molecule has 0 saturated heterocycles. The molecule has 2 heterocycles. The van der Waals surface area contributed by atoms with Crippen molar-refractivity contribution in [1.82, 2.24) is 0 Å². The number of ether oxygens (including phenoxy) is 2. The first-order valence-electron chi connectivity index (χ1n) is 15.7. The molecule has 256 valence electrons.